The molecule has 110 valence electrons. The maximum atomic E-state index is 9.00. The van der Waals surface area contributed by atoms with Crippen LogP contribution >= 0.6 is 0 Å². The summed E-state index contributed by atoms with van der Waals surface area (Å²) in [6.45, 7) is 6.34. The Morgan fingerprint density at radius 2 is 0.722 bits per heavy atom. The number of hydrogen-bond acceptors (Lipinski definition) is 5. The molecule has 0 spiro atoms. The lowest BCUT2D eigenvalue weighted by atomic mass is 10.3. The van der Waals surface area contributed by atoms with E-state index in [1.54, 1.807) is 13.8 Å². The van der Waals surface area contributed by atoms with Gasteiger partial charge in [-0.15, -0.1) is 0 Å². The molecule has 0 radical (unpaired) electrons. The van der Waals surface area contributed by atoms with Crippen LogP contribution in [0.25, 0.3) is 0 Å². The van der Waals surface area contributed by atoms with Crippen molar-refractivity contribution < 1.29 is 39.9 Å². The fourth-order valence-electron chi connectivity index (χ4n) is 0. The summed E-state index contributed by atoms with van der Waals surface area (Å²) in [4.78, 5) is 27.0. The molecule has 0 aromatic rings. The lowest BCUT2D eigenvalue weighted by Crippen LogP contribution is -2.17. The van der Waals surface area contributed by atoms with Crippen molar-refractivity contribution in [3.63, 3.8) is 0 Å². The molecule has 2 unspecified atom stereocenters. The van der Waals surface area contributed by atoms with Crippen LogP contribution in [0, 0.1) is 0 Å². The van der Waals surface area contributed by atoms with Crippen LogP contribution in [-0.2, 0) is 14.4 Å². The van der Waals surface area contributed by atoms with Gasteiger partial charge in [0.05, 0.1) is 12.2 Å². The van der Waals surface area contributed by atoms with Crippen molar-refractivity contribution in [2.24, 2.45) is 0 Å². The second-order valence-electron chi connectivity index (χ2n) is 3.04. The van der Waals surface area contributed by atoms with Gasteiger partial charge in [0.1, 0.15) is 0 Å². The Labute approximate surface area is 105 Å². The van der Waals surface area contributed by atoms with Gasteiger partial charge in [0.15, 0.2) is 0 Å². The van der Waals surface area contributed by atoms with Gasteiger partial charge in [-0.25, -0.2) is 0 Å². The molecule has 0 aliphatic heterocycles. The summed E-state index contributed by atoms with van der Waals surface area (Å²) in [5, 5.41) is 39.0. The first kappa shape index (κ1) is 25.2. The van der Waals surface area contributed by atoms with Gasteiger partial charge < -0.3 is 25.5 Å². The van der Waals surface area contributed by atoms with Crippen molar-refractivity contribution in [3.05, 3.63) is 0 Å². The van der Waals surface area contributed by atoms with E-state index >= 15 is 0 Å². The predicted octanol–water partition coefficient (Wildman–Crippen LogP) is 0.0207. The third-order valence-corrected chi connectivity index (χ3v) is 0.698. The first-order chi connectivity index (χ1) is 7.84. The van der Waals surface area contributed by atoms with Crippen LogP contribution in [0.4, 0.5) is 0 Å². The Balaban J connectivity index is -0.0000000742. The van der Waals surface area contributed by atoms with E-state index in [-0.39, 0.29) is 0 Å². The van der Waals surface area contributed by atoms with Crippen molar-refractivity contribution in [3.8, 4) is 0 Å². The van der Waals surface area contributed by atoms with E-state index in [0.717, 1.165) is 20.8 Å². The Morgan fingerprint density at radius 3 is 0.722 bits per heavy atom. The average Bonchev–Trinajstić information content (AvgIpc) is 1.99. The van der Waals surface area contributed by atoms with Crippen LogP contribution in [0.1, 0.15) is 34.6 Å². The molecule has 0 aromatic heterocycles. The van der Waals surface area contributed by atoms with Gasteiger partial charge in [0.2, 0.25) is 0 Å². The molecule has 0 aliphatic carbocycles. The lowest BCUT2D eigenvalue weighted by molar-refractivity contribution is -0.135. The quantitative estimate of drug-likeness (QED) is 0.447. The zero-order chi connectivity index (χ0) is 15.9. The number of aliphatic carboxylic acids is 3. The zero-order valence-corrected chi connectivity index (χ0v) is 11.1. The Hall–Kier alpha value is -1.67. The molecule has 0 bridgehead atoms. The molecule has 8 heteroatoms. The number of carbonyl (C=O) groups is 3. The highest BCUT2D eigenvalue weighted by Gasteiger charge is 1.99. The smallest absolute Gasteiger partial charge is 0.300 e. The topological polar surface area (TPSA) is 152 Å². The van der Waals surface area contributed by atoms with Gasteiger partial charge >= 0.3 is 0 Å². The molecule has 0 fully saturated rings. The standard InChI is InChI=1S/C4H10O2.3C2H4O2/c1-3(5)4(2)6;3*1-2(3)4/h3-6H,1-2H3;3*1H3,(H,3,4). The van der Waals surface area contributed by atoms with Gasteiger partial charge in [-0.3, -0.25) is 14.4 Å². The second-order valence-corrected chi connectivity index (χ2v) is 3.04. The number of carboxylic acids is 3. The van der Waals surface area contributed by atoms with Crippen LogP contribution in [0.2, 0.25) is 0 Å². The van der Waals surface area contributed by atoms with E-state index in [1.807, 2.05) is 0 Å². The van der Waals surface area contributed by atoms with Crippen LogP contribution in [0.15, 0.2) is 0 Å². The zero-order valence-electron chi connectivity index (χ0n) is 11.1. The van der Waals surface area contributed by atoms with Crippen LogP contribution < -0.4 is 0 Å². The van der Waals surface area contributed by atoms with E-state index in [4.69, 9.17) is 39.9 Å². The summed E-state index contributed by atoms with van der Waals surface area (Å²) < 4.78 is 0. The van der Waals surface area contributed by atoms with Gasteiger partial charge in [0.25, 0.3) is 17.9 Å². The Bertz CT molecular complexity index is 175. The Kier molecular flexibility index (Phi) is 24.8. The van der Waals surface area contributed by atoms with Crippen molar-refractivity contribution in [1.29, 1.82) is 0 Å². The van der Waals surface area contributed by atoms with Crippen molar-refractivity contribution in [2.45, 2.75) is 46.8 Å². The molecule has 0 aliphatic rings. The molecule has 5 N–H and O–H groups in total. The lowest BCUT2D eigenvalue weighted by Gasteiger charge is -2.03. The molecule has 0 saturated carbocycles. The minimum atomic E-state index is -0.833. The van der Waals surface area contributed by atoms with Crippen molar-refractivity contribution in [1.82, 2.24) is 0 Å². The highest BCUT2D eigenvalue weighted by Crippen LogP contribution is 1.85. The van der Waals surface area contributed by atoms with Crippen molar-refractivity contribution in [2.75, 3.05) is 0 Å². The number of aliphatic hydroxyl groups excluding tert-OH is 2. The first-order valence-corrected chi connectivity index (χ1v) is 4.79. The molecule has 0 rings (SSSR count). The summed E-state index contributed by atoms with van der Waals surface area (Å²) in [7, 11) is 0. The molecular weight excluding hydrogens is 248 g/mol. The molecule has 0 saturated heterocycles. The molecule has 0 aromatic carbocycles. The fourth-order valence-corrected chi connectivity index (χ4v) is 0. The summed E-state index contributed by atoms with van der Waals surface area (Å²) in [6, 6.07) is 0. The monoisotopic (exact) mass is 270 g/mol. The van der Waals surface area contributed by atoms with E-state index in [0.29, 0.717) is 0 Å². The Morgan fingerprint density at radius 1 is 0.667 bits per heavy atom. The van der Waals surface area contributed by atoms with Gasteiger partial charge in [-0.05, 0) is 13.8 Å². The minimum absolute atomic E-state index is 0.593. The number of rotatable bonds is 1. The van der Waals surface area contributed by atoms with Gasteiger partial charge in [-0.1, -0.05) is 0 Å². The molecule has 0 amide bonds. The molecule has 18 heavy (non-hydrogen) atoms. The van der Waals surface area contributed by atoms with E-state index < -0.39 is 30.1 Å². The molecule has 8 nitrogen and oxygen atoms in total. The summed E-state index contributed by atoms with van der Waals surface area (Å²) in [5.41, 5.74) is 0. The minimum Gasteiger partial charge on any atom is -0.481 e. The molecule has 0 heterocycles. The van der Waals surface area contributed by atoms with E-state index in [9.17, 15) is 0 Å². The maximum absolute atomic E-state index is 9.00. The summed E-state index contributed by atoms with van der Waals surface area (Å²) in [6.07, 6.45) is -1.19. The van der Waals surface area contributed by atoms with Crippen LogP contribution in [0.5, 0.6) is 0 Å². The molecular formula is C10H22O8. The fraction of sp³-hybridized carbons (Fsp3) is 0.700. The van der Waals surface area contributed by atoms with Crippen LogP contribution in [-0.4, -0.2) is 55.6 Å². The van der Waals surface area contributed by atoms with Gasteiger partial charge in [0, 0.05) is 20.8 Å². The third kappa shape index (κ3) is 469. The number of carboxylic acid groups (broad SMARTS) is 3. The van der Waals surface area contributed by atoms with Crippen molar-refractivity contribution >= 4 is 17.9 Å². The predicted molar refractivity (Wildman–Crippen MR) is 63.3 cm³/mol. The highest BCUT2D eigenvalue weighted by atomic mass is 16.4. The average molecular weight is 270 g/mol. The second kappa shape index (κ2) is 17.7. The molecule has 2 atom stereocenters. The normalized spacial score (nSPS) is 10.8. The number of aliphatic hydroxyl groups is 2. The van der Waals surface area contributed by atoms with Gasteiger partial charge in [-0.2, -0.15) is 0 Å². The largest absolute Gasteiger partial charge is 0.481 e. The van der Waals surface area contributed by atoms with E-state index in [1.165, 1.54) is 0 Å². The summed E-state index contributed by atoms with van der Waals surface area (Å²) >= 11 is 0. The maximum Gasteiger partial charge on any atom is 0.300 e. The van der Waals surface area contributed by atoms with Crippen LogP contribution in [0.3, 0.4) is 0 Å². The SMILES string of the molecule is CC(=O)O.CC(=O)O.CC(=O)O.CC(O)C(C)O. The first-order valence-electron chi connectivity index (χ1n) is 4.79. The number of hydrogen-bond donors (Lipinski definition) is 5. The third-order valence-electron chi connectivity index (χ3n) is 0.698. The highest BCUT2D eigenvalue weighted by molar-refractivity contribution is 5.63. The van der Waals surface area contributed by atoms with E-state index in [2.05, 4.69) is 0 Å². The summed E-state index contributed by atoms with van der Waals surface area (Å²) in [5.74, 6) is -2.50.